The van der Waals surface area contributed by atoms with Gasteiger partial charge in [0.05, 0.1) is 13.2 Å². The summed E-state index contributed by atoms with van der Waals surface area (Å²) >= 11 is 0. The number of carbonyl (C=O) groups is 2. The molecule has 0 spiro atoms. The van der Waals surface area contributed by atoms with Crippen LogP contribution < -0.4 is 10.6 Å². The van der Waals surface area contributed by atoms with Gasteiger partial charge in [-0.15, -0.1) is 0 Å². The van der Waals surface area contributed by atoms with Crippen molar-refractivity contribution in [3.63, 3.8) is 0 Å². The van der Waals surface area contributed by atoms with Crippen molar-refractivity contribution in [1.29, 1.82) is 0 Å². The second-order valence-electron chi connectivity index (χ2n) is 8.66. The third kappa shape index (κ3) is 6.20. The normalized spacial score (nSPS) is 20.2. The van der Waals surface area contributed by atoms with Gasteiger partial charge in [-0.2, -0.15) is 0 Å². The van der Waals surface area contributed by atoms with E-state index in [-0.39, 0.29) is 24.9 Å². The first kappa shape index (κ1) is 23.9. The number of amides is 2. The highest BCUT2D eigenvalue weighted by Gasteiger charge is 2.33. The SMILES string of the molecule is CC1(C)OCCO[C@H](CNC(=O)c2ccc3ccccc3c2)[C@H](CNC(=O)c2ccccc2)O1. The van der Waals surface area contributed by atoms with Gasteiger partial charge in [-0.3, -0.25) is 9.59 Å². The Morgan fingerprint density at radius 1 is 0.794 bits per heavy atom. The van der Waals surface area contributed by atoms with Crippen molar-refractivity contribution < 1.29 is 23.8 Å². The Labute approximate surface area is 199 Å². The monoisotopic (exact) mass is 462 g/mol. The quantitative estimate of drug-likeness (QED) is 0.585. The zero-order valence-corrected chi connectivity index (χ0v) is 19.5. The molecule has 0 unspecified atom stereocenters. The van der Waals surface area contributed by atoms with Crippen LogP contribution in [0.15, 0.2) is 72.8 Å². The summed E-state index contributed by atoms with van der Waals surface area (Å²) in [5.41, 5.74) is 1.13. The van der Waals surface area contributed by atoms with Crippen molar-refractivity contribution in [1.82, 2.24) is 10.6 Å². The number of hydrogen-bond acceptors (Lipinski definition) is 5. The summed E-state index contributed by atoms with van der Waals surface area (Å²) in [7, 11) is 0. The summed E-state index contributed by atoms with van der Waals surface area (Å²) < 4.78 is 17.9. The van der Waals surface area contributed by atoms with Gasteiger partial charge in [-0.1, -0.05) is 48.5 Å². The molecule has 1 fully saturated rings. The lowest BCUT2D eigenvalue weighted by molar-refractivity contribution is -0.277. The summed E-state index contributed by atoms with van der Waals surface area (Å²) in [4.78, 5) is 25.4. The van der Waals surface area contributed by atoms with Crippen molar-refractivity contribution in [3.8, 4) is 0 Å². The number of benzene rings is 3. The van der Waals surface area contributed by atoms with Gasteiger partial charge in [0, 0.05) is 24.2 Å². The molecule has 1 aliphatic heterocycles. The molecule has 34 heavy (non-hydrogen) atoms. The number of ether oxygens (including phenoxy) is 3. The number of rotatable bonds is 6. The highest BCUT2D eigenvalue weighted by molar-refractivity contribution is 5.98. The molecule has 3 aromatic carbocycles. The van der Waals surface area contributed by atoms with Gasteiger partial charge >= 0.3 is 0 Å². The van der Waals surface area contributed by atoms with Crippen molar-refractivity contribution in [2.45, 2.75) is 31.8 Å². The van der Waals surface area contributed by atoms with E-state index in [1.165, 1.54) is 0 Å². The Balaban J connectivity index is 1.43. The van der Waals surface area contributed by atoms with Gasteiger partial charge in [0.2, 0.25) is 0 Å². The van der Waals surface area contributed by atoms with Gasteiger partial charge in [0.1, 0.15) is 12.2 Å². The molecule has 2 N–H and O–H groups in total. The third-order valence-corrected chi connectivity index (χ3v) is 5.69. The standard InChI is InChI=1S/C27H30N2O5/c1-27(2)33-15-14-32-23(24(34-27)18-29-25(30)20-9-4-3-5-10-20)17-28-26(31)22-13-12-19-8-6-7-11-21(19)16-22/h3-13,16,23-24H,14-15,17-18H2,1-2H3,(H,28,31)(H,29,30)/t23-,24+/m1/s1. The molecule has 1 saturated heterocycles. The average molecular weight is 463 g/mol. The maximum absolute atomic E-state index is 12.9. The van der Waals surface area contributed by atoms with Crippen molar-refractivity contribution in [2.24, 2.45) is 0 Å². The Hall–Kier alpha value is -3.26. The summed E-state index contributed by atoms with van der Waals surface area (Å²) in [6.07, 6.45) is -0.997. The summed E-state index contributed by atoms with van der Waals surface area (Å²) in [5, 5.41) is 7.95. The van der Waals surface area contributed by atoms with Gasteiger partial charge in [-0.05, 0) is 48.9 Å². The van der Waals surface area contributed by atoms with Crippen LogP contribution >= 0.6 is 0 Å². The Morgan fingerprint density at radius 2 is 1.44 bits per heavy atom. The van der Waals surface area contributed by atoms with Gasteiger partial charge < -0.3 is 24.8 Å². The van der Waals surface area contributed by atoms with E-state index in [4.69, 9.17) is 14.2 Å². The topological polar surface area (TPSA) is 85.9 Å². The van der Waals surface area contributed by atoms with Crippen LogP contribution in [0, 0.1) is 0 Å². The van der Waals surface area contributed by atoms with Gasteiger partial charge in [0.15, 0.2) is 5.79 Å². The fourth-order valence-corrected chi connectivity index (χ4v) is 3.94. The van der Waals surface area contributed by atoms with E-state index in [2.05, 4.69) is 10.6 Å². The smallest absolute Gasteiger partial charge is 0.251 e. The summed E-state index contributed by atoms with van der Waals surface area (Å²) in [6, 6.07) is 22.5. The first-order valence-corrected chi connectivity index (χ1v) is 11.4. The van der Waals surface area contributed by atoms with Crippen molar-refractivity contribution in [3.05, 3.63) is 83.9 Å². The zero-order valence-electron chi connectivity index (χ0n) is 19.5. The summed E-state index contributed by atoms with van der Waals surface area (Å²) in [5.74, 6) is -1.25. The minimum atomic E-state index is -0.855. The van der Waals surface area contributed by atoms with E-state index < -0.39 is 18.0 Å². The van der Waals surface area contributed by atoms with Crippen molar-refractivity contribution >= 4 is 22.6 Å². The van der Waals surface area contributed by atoms with Crippen LogP contribution in [0.1, 0.15) is 34.6 Å². The first-order chi connectivity index (χ1) is 16.4. The minimum Gasteiger partial charge on any atom is -0.371 e. The van der Waals surface area contributed by atoms with E-state index in [1.54, 1.807) is 12.1 Å². The number of fused-ring (bicyclic) bond motifs is 1. The first-order valence-electron chi connectivity index (χ1n) is 11.4. The van der Waals surface area contributed by atoms with E-state index in [1.807, 2.05) is 74.5 Å². The molecule has 0 aliphatic carbocycles. The molecule has 4 rings (SSSR count). The van der Waals surface area contributed by atoms with Crippen LogP contribution in [0.3, 0.4) is 0 Å². The minimum absolute atomic E-state index is 0.195. The molecule has 2 atom stereocenters. The third-order valence-electron chi connectivity index (χ3n) is 5.69. The predicted octanol–water partition coefficient (Wildman–Crippen LogP) is 3.54. The van der Waals surface area contributed by atoms with E-state index in [9.17, 15) is 9.59 Å². The molecule has 1 heterocycles. The number of nitrogens with one attached hydrogen (secondary N) is 2. The number of carbonyl (C=O) groups excluding carboxylic acids is 2. The largest absolute Gasteiger partial charge is 0.371 e. The molecule has 2 amide bonds. The lowest BCUT2D eigenvalue weighted by atomic mass is 10.1. The van der Waals surface area contributed by atoms with E-state index in [0.29, 0.717) is 24.3 Å². The van der Waals surface area contributed by atoms with Crippen LogP contribution in [-0.4, -0.2) is 56.1 Å². The Kier molecular flexibility index (Phi) is 7.57. The molecule has 7 heteroatoms. The zero-order chi connectivity index (χ0) is 24.0. The Morgan fingerprint density at radius 3 is 2.21 bits per heavy atom. The van der Waals surface area contributed by atoms with E-state index in [0.717, 1.165) is 10.8 Å². The molecule has 0 aromatic heterocycles. The van der Waals surface area contributed by atoms with Gasteiger partial charge in [-0.25, -0.2) is 0 Å². The van der Waals surface area contributed by atoms with E-state index >= 15 is 0 Å². The molecule has 178 valence electrons. The predicted molar refractivity (Wildman–Crippen MR) is 130 cm³/mol. The fourth-order valence-electron chi connectivity index (χ4n) is 3.94. The molecule has 0 bridgehead atoms. The highest BCUT2D eigenvalue weighted by Crippen LogP contribution is 2.20. The molecule has 7 nitrogen and oxygen atoms in total. The number of hydrogen-bond donors (Lipinski definition) is 2. The molecule has 0 saturated carbocycles. The fraction of sp³-hybridized carbons (Fsp3) is 0.333. The summed E-state index contributed by atoms with van der Waals surface area (Å²) in [6.45, 7) is 4.81. The lowest BCUT2D eigenvalue weighted by Crippen LogP contribution is -2.52. The average Bonchev–Trinajstić information content (AvgIpc) is 2.85. The lowest BCUT2D eigenvalue weighted by Gasteiger charge is -2.37. The second kappa shape index (κ2) is 10.8. The molecule has 0 radical (unpaired) electrons. The van der Waals surface area contributed by atoms with Crippen LogP contribution in [0.4, 0.5) is 0 Å². The van der Waals surface area contributed by atoms with Crippen LogP contribution in [0.25, 0.3) is 10.8 Å². The second-order valence-corrected chi connectivity index (χ2v) is 8.66. The molecular weight excluding hydrogens is 432 g/mol. The van der Waals surface area contributed by atoms with Crippen molar-refractivity contribution in [2.75, 3.05) is 26.3 Å². The highest BCUT2D eigenvalue weighted by atomic mass is 16.7. The molecular formula is C27H30N2O5. The van der Waals surface area contributed by atoms with Crippen LogP contribution in [0.5, 0.6) is 0 Å². The van der Waals surface area contributed by atoms with Crippen LogP contribution in [0.2, 0.25) is 0 Å². The van der Waals surface area contributed by atoms with Crippen LogP contribution in [-0.2, 0) is 14.2 Å². The Bertz CT molecular complexity index is 1130. The maximum atomic E-state index is 12.9. The molecule has 3 aromatic rings. The molecule has 1 aliphatic rings. The maximum Gasteiger partial charge on any atom is 0.251 e. The van der Waals surface area contributed by atoms with Gasteiger partial charge in [0.25, 0.3) is 11.8 Å².